The van der Waals surface area contributed by atoms with Gasteiger partial charge in [0.1, 0.15) is 6.61 Å². The van der Waals surface area contributed by atoms with Gasteiger partial charge < -0.3 is 23.7 Å². The SMILES string of the molecule is CCCN(CCOc1c(Cl)cccc1Cl)C1CCc2c(ccc(OC(=O)OCC)c2OC(=O)OCC)C1.Cl. The van der Waals surface area contributed by atoms with Crippen LogP contribution in [-0.4, -0.2) is 56.2 Å². The Morgan fingerprint density at radius 2 is 1.58 bits per heavy atom. The van der Waals surface area contributed by atoms with Crippen LogP contribution in [0, 0.1) is 0 Å². The number of benzene rings is 2. The van der Waals surface area contributed by atoms with E-state index < -0.39 is 12.3 Å². The number of rotatable bonds is 11. The molecule has 0 fully saturated rings. The largest absolute Gasteiger partial charge is 0.513 e. The number of nitrogens with zero attached hydrogens (tertiary/aromatic N) is 1. The molecular formula is C27H34Cl3NO7. The van der Waals surface area contributed by atoms with E-state index in [0.29, 0.717) is 35.4 Å². The number of halogens is 3. The molecule has 0 aromatic heterocycles. The van der Waals surface area contributed by atoms with E-state index in [4.69, 9.17) is 46.9 Å². The number of hydrogen-bond donors (Lipinski definition) is 0. The summed E-state index contributed by atoms with van der Waals surface area (Å²) >= 11 is 12.5. The van der Waals surface area contributed by atoms with E-state index in [1.54, 1.807) is 38.1 Å². The van der Waals surface area contributed by atoms with Crippen LogP contribution in [0.3, 0.4) is 0 Å². The Morgan fingerprint density at radius 1 is 0.921 bits per heavy atom. The summed E-state index contributed by atoms with van der Waals surface area (Å²) in [5.74, 6) is 0.812. The second-order valence-corrected chi connectivity index (χ2v) is 9.25. The predicted molar refractivity (Wildman–Crippen MR) is 149 cm³/mol. The van der Waals surface area contributed by atoms with E-state index in [1.165, 1.54) is 0 Å². The number of carbonyl (C=O) groups excluding carboxylic acids is 2. The fraction of sp³-hybridized carbons (Fsp3) is 0.481. The van der Waals surface area contributed by atoms with Gasteiger partial charge in [-0.05, 0) is 69.8 Å². The van der Waals surface area contributed by atoms with Crippen LogP contribution in [0.4, 0.5) is 9.59 Å². The molecule has 1 aliphatic carbocycles. The Balaban J connectivity index is 0.00000507. The van der Waals surface area contributed by atoms with E-state index in [2.05, 4.69) is 11.8 Å². The first-order chi connectivity index (χ1) is 17.9. The van der Waals surface area contributed by atoms with Crippen molar-refractivity contribution in [2.75, 3.05) is 32.9 Å². The van der Waals surface area contributed by atoms with Crippen LogP contribution in [0.15, 0.2) is 30.3 Å². The summed E-state index contributed by atoms with van der Waals surface area (Å²) in [6.07, 6.45) is 1.46. The molecule has 1 atom stereocenters. The Labute approximate surface area is 239 Å². The van der Waals surface area contributed by atoms with E-state index in [9.17, 15) is 9.59 Å². The molecule has 210 valence electrons. The van der Waals surface area contributed by atoms with Crippen LogP contribution < -0.4 is 14.2 Å². The van der Waals surface area contributed by atoms with Crippen molar-refractivity contribution in [3.63, 3.8) is 0 Å². The predicted octanol–water partition coefficient (Wildman–Crippen LogP) is 7.13. The van der Waals surface area contributed by atoms with Gasteiger partial charge in [-0.1, -0.05) is 42.3 Å². The average Bonchev–Trinajstić information content (AvgIpc) is 2.86. The number of ether oxygens (including phenoxy) is 5. The zero-order valence-electron chi connectivity index (χ0n) is 21.8. The van der Waals surface area contributed by atoms with E-state index in [-0.39, 0.29) is 43.2 Å². The molecule has 0 saturated heterocycles. The normalized spacial score (nSPS) is 14.2. The summed E-state index contributed by atoms with van der Waals surface area (Å²) in [5, 5.41) is 0.965. The highest BCUT2D eigenvalue weighted by Crippen LogP contribution is 2.39. The molecule has 2 aromatic carbocycles. The summed E-state index contributed by atoms with van der Waals surface area (Å²) in [5.41, 5.74) is 1.84. The molecule has 0 bridgehead atoms. The fourth-order valence-electron chi connectivity index (χ4n) is 4.40. The number of carbonyl (C=O) groups is 2. The summed E-state index contributed by atoms with van der Waals surface area (Å²) in [6, 6.07) is 9.06. The molecule has 1 unspecified atom stereocenters. The molecule has 0 saturated carbocycles. The first-order valence-corrected chi connectivity index (χ1v) is 13.3. The Hall–Kier alpha value is -2.39. The molecule has 0 radical (unpaired) electrons. The van der Waals surface area contributed by atoms with Crippen molar-refractivity contribution in [3.8, 4) is 17.2 Å². The lowest BCUT2D eigenvalue weighted by molar-refractivity contribution is 0.0932. The minimum atomic E-state index is -0.863. The average molecular weight is 591 g/mol. The molecular weight excluding hydrogens is 557 g/mol. The topological polar surface area (TPSA) is 83.5 Å². The fourth-order valence-corrected chi connectivity index (χ4v) is 4.91. The molecule has 8 nitrogen and oxygen atoms in total. The molecule has 0 heterocycles. The van der Waals surface area contributed by atoms with Crippen molar-refractivity contribution >= 4 is 47.9 Å². The van der Waals surface area contributed by atoms with E-state index in [1.807, 2.05) is 6.07 Å². The molecule has 3 rings (SSSR count). The summed E-state index contributed by atoms with van der Waals surface area (Å²) in [7, 11) is 0. The lowest BCUT2D eigenvalue weighted by Gasteiger charge is -2.35. The molecule has 0 N–H and O–H groups in total. The van der Waals surface area contributed by atoms with E-state index in [0.717, 1.165) is 36.9 Å². The monoisotopic (exact) mass is 589 g/mol. The highest BCUT2D eigenvalue weighted by atomic mass is 35.5. The third-order valence-corrected chi connectivity index (χ3v) is 6.57. The van der Waals surface area contributed by atoms with Crippen LogP contribution >= 0.6 is 35.6 Å². The van der Waals surface area contributed by atoms with Crippen molar-refractivity contribution in [3.05, 3.63) is 51.5 Å². The van der Waals surface area contributed by atoms with Gasteiger partial charge in [-0.2, -0.15) is 0 Å². The second kappa shape index (κ2) is 15.9. The number of fused-ring (bicyclic) bond motifs is 1. The van der Waals surface area contributed by atoms with Gasteiger partial charge in [0.25, 0.3) is 0 Å². The number of para-hydroxylation sites is 1. The molecule has 11 heteroatoms. The third-order valence-electron chi connectivity index (χ3n) is 5.98. The smallest absolute Gasteiger partial charge is 0.489 e. The maximum Gasteiger partial charge on any atom is 0.513 e. The van der Waals surface area contributed by atoms with Crippen LogP contribution in [-0.2, 0) is 22.3 Å². The van der Waals surface area contributed by atoms with Crippen molar-refractivity contribution in [1.82, 2.24) is 4.90 Å². The van der Waals surface area contributed by atoms with Crippen LogP contribution in [0.2, 0.25) is 10.0 Å². The Bertz CT molecular complexity index is 1060. The van der Waals surface area contributed by atoms with Crippen LogP contribution in [0.25, 0.3) is 0 Å². The highest BCUT2D eigenvalue weighted by molar-refractivity contribution is 6.37. The Morgan fingerprint density at radius 3 is 2.21 bits per heavy atom. The van der Waals surface area contributed by atoms with Gasteiger partial charge >= 0.3 is 12.3 Å². The quantitative estimate of drug-likeness (QED) is 0.202. The number of hydrogen-bond acceptors (Lipinski definition) is 8. The van der Waals surface area contributed by atoms with E-state index >= 15 is 0 Å². The molecule has 2 aromatic rings. The maximum absolute atomic E-state index is 12.1. The lowest BCUT2D eigenvalue weighted by Crippen LogP contribution is -2.42. The zero-order valence-corrected chi connectivity index (χ0v) is 24.1. The molecule has 38 heavy (non-hydrogen) atoms. The lowest BCUT2D eigenvalue weighted by atomic mass is 9.86. The molecule has 1 aliphatic rings. The zero-order chi connectivity index (χ0) is 26.8. The molecule has 0 spiro atoms. The van der Waals surface area contributed by atoms with Crippen molar-refractivity contribution < 1.29 is 33.3 Å². The summed E-state index contributed by atoms with van der Waals surface area (Å²) in [6.45, 7) is 7.88. The van der Waals surface area contributed by atoms with Crippen molar-refractivity contribution in [2.24, 2.45) is 0 Å². The maximum atomic E-state index is 12.1. The third kappa shape index (κ3) is 8.56. The van der Waals surface area contributed by atoms with Crippen molar-refractivity contribution in [1.29, 1.82) is 0 Å². The first-order valence-electron chi connectivity index (χ1n) is 12.5. The van der Waals surface area contributed by atoms with Gasteiger partial charge in [-0.3, -0.25) is 4.90 Å². The Kier molecular flexibility index (Phi) is 13.3. The summed E-state index contributed by atoms with van der Waals surface area (Å²) < 4.78 is 26.6. The minimum absolute atomic E-state index is 0. The van der Waals surface area contributed by atoms with Gasteiger partial charge in [-0.25, -0.2) is 9.59 Å². The molecule has 0 amide bonds. The summed E-state index contributed by atoms with van der Waals surface area (Å²) in [4.78, 5) is 26.5. The van der Waals surface area contributed by atoms with Crippen LogP contribution in [0.1, 0.15) is 44.7 Å². The highest BCUT2D eigenvalue weighted by Gasteiger charge is 2.29. The molecule has 0 aliphatic heterocycles. The standard InChI is InChI=1S/C27H33Cl2NO7.ClH/c1-4-14-30(15-16-35-25-21(28)8-7-9-22(25)29)19-11-12-20-18(17-19)10-13-23(36-26(31)33-5-2)24(20)37-27(32)34-6-3;/h7-10,13,19H,4-6,11-12,14-17H2,1-3H3;1H. The van der Waals surface area contributed by atoms with Gasteiger partial charge in [0.15, 0.2) is 17.2 Å². The van der Waals surface area contributed by atoms with Gasteiger partial charge in [0.2, 0.25) is 0 Å². The van der Waals surface area contributed by atoms with Gasteiger partial charge in [0, 0.05) is 18.2 Å². The first kappa shape index (κ1) is 31.8. The van der Waals surface area contributed by atoms with Crippen molar-refractivity contribution in [2.45, 2.75) is 52.5 Å². The second-order valence-electron chi connectivity index (χ2n) is 8.43. The van der Waals surface area contributed by atoms with Gasteiger partial charge in [-0.15, -0.1) is 12.4 Å². The van der Waals surface area contributed by atoms with Crippen LogP contribution in [0.5, 0.6) is 17.2 Å². The minimum Gasteiger partial charge on any atom is -0.489 e. The van der Waals surface area contributed by atoms with Gasteiger partial charge in [0.05, 0.1) is 23.3 Å².